The quantitative estimate of drug-likeness (QED) is 0.677. The molecule has 0 radical (unpaired) electrons. The monoisotopic (exact) mass is 444 g/mol. The molecule has 10 heteroatoms. The number of nitrogens with one attached hydrogen (secondary N) is 1. The van der Waals surface area contributed by atoms with Gasteiger partial charge in [0.2, 0.25) is 0 Å². The largest absolute Gasteiger partial charge is 0.383 e. The fraction of sp³-hybridized carbons (Fsp3) is 0.438. The molecule has 0 aromatic carbocycles. The van der Waals surface area contributed by atoms with Crippen LogP contribution in [0.4, 0.5) is 11.5 Å². The molecule has 0 fully saturated rings. The summed E-state index contributed by atoms with van der Waals surface area (Å²) in [5.74, 6) is -0.289. The predicted octanol–water partition coefficient (Wildman–Crippen LogP) is 1.89. The number of methoxy groups -OCH3 is 1. The van der Waals surface area contributed by atoms with E-state index in [1.165, 1.54) is 27.9 Å². The van der Waals surface area contributed by atoms with Gasteiger partial charge in [-0.3, -0.25) is 24.0 Å². The molecule has 0 aliphatic heterocycles. The number of nitrogen functional groups attached to an aromatic ring is 1. The van der Waals surface area contributed by atoms with Gasteiger partial charge in [-0.05, 0) is 34.0 Å². The van der Waals surface area contributed by atoms with E-state index < -0.39 is 11.2 Å². The van der Waals surface area contributed by atoms with E-state index in [4.69, 9.17) is 10.5 Å². The number of hydrogen-bond donors (Lipinski definition) is 2. The molecule has 26 heavy (non-hydrogen) atoms. The summed E-state index contributed by atoms with van der Waals surface area (Å²) in [5, 5.41) is 0. The topological polar surface area (TPSA) is 110 Å². The van der Waals surface area contributed by atoms with E-state index in [0.29, 0.717) is 11.4 Å². The minimum atomic E-state index is -0.701. The van der Waals surface area contributed by atoms with Crippen molar-refractivity contribution in [2.75, 3.05) is 30.9 Å². The number of ether oxygens (including phenoxy) is 1. The van der Waals surface area contributed by atoms with Crippen molar-refractivity contribution in [3.05, 3.63) is 41.6 Å². The van der Waals surface area contributed by atoms with Crippen molar-refractivity contribution in [2.45, 2.75) is 20.4 Å². The van der Waals surface area contributed by atoms with Gasteiger partial charge in [-0.25, -0.2) is 4.79 Å². The van der Waals surface area contributed by atoms with Crippen LogP contribution in [0.15, 0.2) is 25.5 Å². The molecule has 0 unspecified atom stereocenters. The number of hydrogen-bond acceptors (Lipinski definition) is 6. The van der Waals surface area contributed by atoms with Gasteiger partial charge in [0, 0.05) is 20.2 Å². The number of H-pyrrole nitrogens is 1. The molecule has 0 atom stereocenters. The van der Waals surface area contributed by atoms with Crippen LogP contribution >= 0.6 is 27.3 Å². The van der Waals surface area contributed by atoms with Crippen LogP contribution in [0.5, 0.6) is 0 Å². The van der Waals surface area contributed by atoms with Gasteiger partial charge in [-0.1, -0.05) is 13.8 Å². The molecular formula is C16H21BrN4O4S. The number of aromatic amines is 1. The number of anilines is 2. The van der Waals surface area contributed by atoms with Gasteiger partial charge >= 0.3 is 5.69 Å². The van der Waals surface area contributed by atoms with Crippen LogP contribution in [0.3, 0.4) is 0 Å². The fourth-order valence-electron chi connectivity index (χ4n) is 2.44. The van der Waals surface area contributed by atoms with Gasteiger partial charge in [0.1, 0.15) is 5.82 Å². The van der Waals surface area contributed by atoms with Crippen LogP contribution in [0, 0.1) is 5.92 Å². The van der Waals surface area contributed by atoms with Gasteiger partial charge in [0.05, 0.1) is 15.3 Å². The fourth-order valence-corrected chi connectivity index (χ4v) is 3.78. The molecular weight excluding hydrogens is 424 g/mol. The standard InChI is InChI=1S/C16H21BrN4O4S/c1-9(2)8-21-13(18)12(14(22)19-16(21)24)20(6-7-25-3)15(23)10-4-5-11(17)26-10/h4-5,9H,6-8,18H2,1-3H3,(H,19,22,24). The van der Waals surface area contributed by atoms with Gasteiger partial charge in [-0.2, -0.15) is 0 Å². The SMILES string of the molecule is COCCN(C(=O)c1ccc(Br)s1)c1c(N)n(CC(C)C)c(=O)[nH]c1=O. The second-order valence-electron chi connectivity index (χ2n) is 6.05. The first-order valence-electron chi connectivity index (χ1n) is 7.95. The summed E-state index contributed by atoms with van der Waals surface area (Å²) >= 11 is 4.57. The zero-order valence-corrected chi connectivity index (χ0v) is 17.1. The van der Waals surface area contributed by atoms with E-state index in [1.807, 2.05) is 13.8 Å². The number of thiophene rings is 1. The first kappa shape index (κ1) is 20.4. The Morgan fingerprint density at radius 3 is 2.65 bits per heavy atom. The number of halogens is 1. The Bertz CT molecular complexity index is 902. The lowest BCUT2D eigenvalue weighted by atomic mass is 10.2. The summed E-state index contributed by atoms with van der Waals surface area (Å²) < 4.78 is 7.13. The summed E-state index contributed by atoms with van der Waals surface area (Å²) in [6.45, 7) is 4.51. The Labute approximate surface area is 162 Å². The lowest BCUT2D eigenvalue weighted by Gasteiger charge is -2.24. The highest BCUT2D eigenvalue weighted by atomic mass is 79.9. The van der Waals surface area contributed by atoms with Crippen molar-refractivity contribution < 1.29 is 9.53 Å². The molecule has 1 amide bonds. The van der Waals surface area contributed by atoms with Crippen molar-refractivity contribution in [3.63, 3.8) is 0 Å². The molecule has 2 aromatic rings. The minimum Gasteiger partial charge on any atom is -0.383 e. The Balaban J connectivity index is 2.59. The first-order chi connectivity index (χ1) is 12.3. The smallest absolute Gasteiger partial charge is 0.330 e. The van der Waals surface area contributed by atoms with Gasteiger partial charge < -0.3 is 10.5 Å². The molecule has 3 N–H and O–H groups in total. The number of aromatic nitrogens is 2. The van der Waals surface area contributed by atoms with Crippen molar-refractivity contribution >= 4 is 44.7 Å². The third kappa shape index (κ3) is 4.43. The zero-order chi connectivity index (χ0) is 19.4. The molecule has 0 bridgehead atoms. The molecule has 2 heterocycles. The first-order valence-corrected chi connectivity index (χ1v) is 9.56. The predicted molar refractivity (Wildman–Crippen MR) is 106 cm³/mol. The molecule has 0 aliphatic rings. The molecule has 142 valence electrons. The number of carbonyl (C=O) groups excluding carboxylic acids is 1. The number of nitrogens with zero attached hydrogens (tertiary/aromatic N) is 2. The average molecular weight is 445 g/mol. The molecule has 2 rings (SSSR count). The van der Waals surface area contributed by atoms with Crippen molar-refractivity contribution in [1.29, 1.82) is 0 Å². The van der Waals surface area contributed by atoms with Crippen molar-refractivity contribution in [3.8, 4) is 0 Å². The van der Waals surface area contributed by atoms with Gasteiger partial charge in [0.25, 0.3) is 11.5 Å². The van der Waals surface area contributed by atoms with E-state index in [0.717, 1.165) is 3.79 Å². The summed E-state index contributed by atoms with van der Waals surface area (Å²) in [7, 11) is 1.50. The van der Waals surface area contributed by atoms with E-state index in [1.54, 1.807) is 12.1 Å². The lowest BCUT2D eigenvalue weighted by molar-refractivity contribution is 0.0979. The third-order valence-electron chi connectivity index (χ3n) is 3.58. The molecule has 0 aliphatic carbocycles. The second kappa shape index (κ2) is 8.65. The molecule has 8 nitrogen and oxygen atoms in total. The van der Waals surface area contributed by atoms with E-state index in [2.05, 4.69) is 20.9 Å². The summed E-state index contributed by atoms with van der Waals surface area (Å²) in [6.07, 6.45) is 0. The lowest BCUT2D eigenvalue weighted by Crippen LogP contribution is -2.42. The number of rotatable bonds is 7. The Kier molecular flexibility index (Phi) is 6.79. The summed E-state index contributed by atoms with van der Waals surface area (Å²) in [6, 6.07) is 3.41. The molecule has 0 spiro atoms. The number of nitrogens with two attached hydrogens (primary N) is 1. The Morgan fingerprint density at radius 2 is 2.12 bits per heavy atom. The summed E-state index contributed by atoms with van der Waals surface area (Å²) in [4.78, 5) is 41.5. The normalized spacial score (nSPS) is 11.1. The maximum absolute atomic E-state index is 13.0. The number of carbonyl (C=O) groups is 1. The highest BCUT2D eigenvalue weighted by Crippen LogP contribution is 2.26. The van der Waals surface area contributed by atoms with Crippen LogP contribution in [-0.4, -0.2) is 35.7 Å². The Morgan fingerprint density at radius 1 is 1.42 bits per heavy atom. The van der Waals surface area contributed by atoms with Crippen molar-refractivity contribution in [2.24, 2.45) is 5.92 Å². The maximum atomic E-state index is 13.0. The van der Waals surface area contributed by atoms with Crippen LogP contribution in [0.2, 0.25) is 0 Å². The van der Waals surface area contributed by atoms with Crippen molar-refractivity contribution in [1.82, 2.24) is 9.55 Å². The average Bonchev–Trinajstić information content (AvgIpc) is 3.00. The highest BCUT2D eigenvalue weighted by molar-refractivity contribution is 9.11. The summed E-state index contributed by atoms with van der Waals surface area (Å²) in [5.41, 5.74) is 4.79. The highest BCUT2D eigenvalue weighted by Gasteiger charge is 2.26. The zero-order valence-electron chi connectivity index (χ0n) is 14.7. The molecule has 2 aromatic heterocycles. The van der Waals surface area contributed by atoms with Gasteiger partial charge in [0.15, 0.2) is 5.69 Å². The molecule has 0 saturated carbocycles. The van der Waals surface area contributed by atoms with Gasteiger partial charge in [-0.15, -0.1) is 11.3 Å². The number of amides is 1. The van der Waals surface area contributed by atoms with E-state index >= 15 is 0 Å². The van der Waals surface area contributed by atoms with Crippen LogP contribution in [0.25, 0.3) is 0 Å². The Hall–Kier alpha value is -1.91. The van der Waals surface area contributed by atoms with E-state index in [-0.39, 0.29) is 36.5 Å². The van der Waals surface area contributed by atoms with Crippen LogP contribution < -0.4 is 21.9 Å². The molecule has 0 saturated heterocycles. The minimum absolute atomic E-state index is 0.0347. The van der Waals surface area contributed by atoms with E-state index in [9.17, 15) is 14.4 Å². The third-order valence-corrected chi connectivity index (χ3v) is 5.19. The maximum Gasteiger partial charge on any atom is 0.330 e. The second-order valence-corrected chi connectivity index (χ2v) is 8.51. The van der Waals surface area contributed by atoms with Crippen LogP contribution in [0.1, 0.15) is 23.5 Å². The van der Waals surface area contributed by atoms with Crippen LogP contribution in [-0.2, 0) is 11.3 Å².